The summed E-state index contributed by atoms with van der Waals surface area (Å²) in [4.78, 5) is 73.0. The van der Waals surface area contributed by atoms with Gasteiger partial charge in [-0.1, -0.05) is 62.4 Å². The van der Waals surface area contributed by atoms with E-state index < -0.39 is 18.2 Å². The Hall–Kier alpha value is -6.36. The van der Waals surface area contributed by atoms with E-state index >= 15 is 0 Å². The molecular formula is C40H47N11O6. The Labute approximate surface area is 329 Å². The smallest absolute Gasteiger partial charge is 0.407 e. The maximum absolute atomic E-state index is 13.7. The Kier molecular flexibility index (Phi) is 12.0. The van der Waals surface area contributed by atoms with Crippen LogP contribution in [0.5, 0.6) is 0 Å². The first-order valence-corrected chi connectivity index (χ1v) is 19.1. The van der Waals surface area contributed by atoms with Crippen LogP contribution in [0.3, 0.4) is 0 Å². The quantitative estimate of drug-likeness (QED) is 0.0503. The Balaban J connectivity index is 0.997. The lowest BCUT2D eigenvalue weighted by molar-refractivity contribution is -0.188. The second kappa shape index (κ2) is 17.6. The number of hydrogen-bond acceptors (Lipinski definition) is 11. The fourth-order valence-electron chi connectivity index (χ4n) is 7.58. The minimum atomic E-state index is -0.872. The molecule has 0 saturated carbocycles. The van der Waals surface area contributed by atoms with Gasteiger partial charge in [-0.25, -0.2) is 19.8 Å². The van der Waals surface area contributed by atoms with Gasteiger partial charge in [-0.3, -0.25) is 9.59 Å². The van der Waals surface area contributed by atoms with Crippen molar-refractivity contribution in [1.82, 2.24) is 50.5 Å². The number of carbonyl (C=O) groups excluding carboxylic acids is 3. The number of carbonyl (C=O) groups is 3. The molecule has 7 rings (SSSR count). The number of nitrogens with zero attached hydrogens (tertiary/aromatic N) is 7. The van der Waals surface area contributed by atoms with Crippen LogP contribution in [-0.2, 0) is 30.5 Å². The molecule has 17 heteroatoms. The van der Waals surface area contributed by atoms with Crippen molar-refractivity contribution in [3.8, 4) is 33.6 Å². The number of hydrogen-bond donors (Lipinski definition) is 4. The second-order valence-corrected chi connectivity index (χ2v) is 14.5. The van der Waals surface area contributed by atoms with E-state index in [2.05, 4.69) is 82.0 Å². The standard InChI is InChI=1S/C40H47N11O6/c1-24(2)35(43-23-57-56-4)39(53)51-18-6-8-34(51)37-42-22-32(46-37)28-15-11-26(12-16-28)25-9-13-27(14-10-25)31-21-41-36(45-31)33-7-5-17-50(33)38(52)30(47-40(54)55-3)19-29-20-44-49-48-29/h9-16,20-24,30,33-35H,5-8,17-19H2,1-4H3,(H,41,45)(H,42,46)(H,47,54)(H,44,48,49)/t30-,33-,34-,35-/m0/s1. The summed E-state index contributed by atoms with van der Waals surface area (Å²) >= 11 is 0. The van der Waals surface area contributed by atoms with Crippen molar-refractivity contribution in [3.63, 3.8) is 0 Å². The molecule has 5 aromatic rings. The number of H-pyrrole nitrogens is 3. The molecule has 3 amide bonds. The molecule has 2 aliphatic heterocycles. The summed E-state index contributed by atoms with van der Waals surface area (Å²) in [5, 5.41) is 13.1. The SMILES string of the molecule is COOC=N[C@H](C(=O)N1CCC[C@H]1c1ncc(-c2ccc(-c3ccc(-c4cnc([C@@H]5CCCN5C(=O)[C@H](Cc5cn[nH]n5)NC(=O)OC)[nH]4)cc3)cc2)[nH]1)C(C)C. The number of aromatic nitrogens is 7. The lowest BCUT2D eigenvalue weighted by Crippen LogP contribution is -2.49. The molecular weight excluding hydrogens is 731 g/mol. The van der Waals surface area contributed by atoms with Crippen LogP contribution in [0.2, 0.25) is 0 Å². The van der Waals surface area contributed by atoms with Crippen LogP contribution < -0.4 is 5.32 Å². The van der Waals surface area contributed by atoms with E-state index in [-0.39, 0.29) is 36.2 Å². The maximum Gasteiger partial charge on any atom is 0.407 e. The monoisotopic (exact) mass is 777 g/mol. The third-order valence-electron chi connectivity index (χ3n) is 10.5. The van der Waals surface area contributed by atoms with Gasteiger partial charge in [0.15, 0.2) is 0 Å². The van der Waals surface area contributed by atoms with E-state index in [1.165, 1.54) is 26.8 Å². The number of aromatic amines is 3. The zero-order valence-electron chi connectivity index (χ0n) is 32.3. The van der Waals surface area contributed by atoms with E-state index in [4.69, 9.17) is 14.6 Å². The third kappa shape index (κ3) is 8.72. The van der Waals surface area contributed by atoms with Crippen LogP contribution in [0.1, 0.15) is 69.0 Å². The first kappa shape index (κ1) is 38.9. The van der Waals surface area contributed by atoms with Crippen LogP contribution in [-0.4, -0.2) is 109 Å². The molecule has 3 aromatic heterocycles. The Morgan fingerprint density at radius 3 is 1.86 bits per heavy atom. The zero-order chi connectivity index (χ0) is 39.9. The normalized spacial score (nSPS) is 18.0. The van der Waals surface area contributed by atoms with E-state index in [1.807, 2.05) is 37.1 Å². The average molecular weight is 778 g/mol. The molecule has 2 aliphatic rings. The van der Waals surface area contributed by atoms with Gasteiger partial charge in [0.1, 0.15) is 23.7 Å². The lowest BCUT2D eigenvalue weighted by atomic mass is 10.0. The summed E-state index contributed by atoms with van der Waals surface area (Å²) in [6.07, 6.45) is 9.02. The number of rotatable bonds is 14. The summed E-state index contributed by atoms with van der Waals surface area (Å²) < 4.78 is 4.78. The van der Waals surface area contributed by atoms with Crippen molar-refractivity contribution in [2.45, 2.75) is 70.1 Å². The first-order valence-electron chi connectivity index (χ1n) is 19.1. The highest BCUT2D eigenvalue weighted by Crippen LogP contribution is 2.35. The fraction of sp³-hybridized carbons (Fsp3) is 0.400. The van der Waals surface area contributed by atoms with E-state index in [1.54, 1.807) is 11.1 Å². The predicted molar refractivity (Wildman–Crippen MR) is 209 cm³/mol. The van der Waals surface area contributed by atoms with Gasteiger partial charge >= 0.3 is 6.09 Å². The Morgan fingerprint density at radius 2 is 1.37 bits per heavy atom. The summed E-state index contributed by atoms with van der Waals surface area (Å²) in [6.45, 7) is 5.10. The summed E-state index contributed by atoms with van der Waals surface area (Å²) in [7, 11) is 2.65. The topological polar surface area (TPSA) is 209 Å². The molecule has 0 radical (unpaired) electrons. The van der Waals surface area contributed by atoms with Gasteiger partial charge < -0.3 is 34.7 Å². The van der Waals surface area contributed by atoms with Gasteiger partial charge in [0.2, 0.25) is 18.2 Å². The molecule has 2 saturated heterocycles. The van der Waals surface area contributed by atoms with Gasteiger partial charge in [-0.05, 0) is 53.9 Å². The van der Waals surface area contributed by atoms with Gasteiger partial charge in [0.05, 0.1) is 62.0 Å². The van der Waals surface area contributed by atoms with Crippen molar-refractivity contribution in [2.24, 2.45) is 10.9 Å². The van der Waals surface area contributed by atoms with Crippen LogP contribution in [0.4, 0.5) is 4.79 Å². The number of imidazole rings is 2. The molecule has 4 atom stereocenters. The zero-order valence-corrected chi connectivity index (χ0v) is 32.3. The Morgan fingerprint density at radius 1 is 0.825 bits per heavy atom. The summed E-state index contributed by atoms with van der Waals surface area (Å²) in [5.41, 5.74) is 6.32. The molecule has 0 aliphatic carbocycles. The predicted octanol–water partition coefficient (Wildman–Crippen LogP) is 5.18. The highest BCUT2D eigenvalue weighted by Gasteiger charge is 2.38. The third-order valence-corrected chi connectivity index (χ3v) is 10.5. The van der Waals surface area contributed by atoms with E-state index in [9.17, 15) is 14.4 Å². The largest absolute Gasteiger partial charge is 0.453 e. The van der Waals surface area contributed by atoms with Gasteiger partial charge in [0, 0.05) is 19.5 Å². The van der Waals surface area contributed by atoms with Gasteiger partial charge in [-0.2, -0.15) is 20.3 Å². The highest BCUT2D eigenvalue weighted by molar-refractivity contribution is 5.86. The molecule has 57 heavy (non-hydrogen) atoms. The van der Waals surface area contributed by atoms with Crippen LogP contribution >= 0.6 is 0 Å². The number of benzene rings is 2. The highest BCUT2D eigenvalue weighted by atomic mass is 17.2. The molecule has 17 nitrogen and oxygen atoms in total. The minimum absolute atomic E-state index is 0.0152. The van der Waals surface area contributed by atoms with Crippen molar-refractivity contribution in [3.05, 3.63) is 84.5 Å². The Bertz CT molecular complexity index is 2150. The lowest BCUT2D eigenvalue weighted by Gasteiger charge is -2.27. The molecule has 4 N–H and O–H groups in total. The van der Waals surface area contributed by atoms with E-state index in [0.717, 1.165) is 65.1 Å². The first-order chi connectivity index (χ1) is 27.7. The average Bonchev–Trinajstić information content (AvgIpc) is 4.08. The molecule has 298 valence electrons. The van der Waals surface area contributed by atoms with Crippen molar-refractivity contribution >= 4 is 24.3 Å². The fourth-order valence-corrected chi connectivity index (χ4v) is 7.58. The summed E-state index contributed by atoms with van der Waals surface area (Å²) in [5.74, 6) is 1.13. The van der Waals surface area contributed by atoms with Crippen molar-refractivity contribution in [1.29, 1.82) is 0 Å². The molecule has 0 spiro atoms. The number of aliphatic imine (C=N–C) groups is 1. The van der Waals surface area contributed by atoms with Crippen LogP contribution in [0.25, 0.3) is 33.6 Å². The number of ether oxygens (including phenoxy) is 1. The number of methoxy groups -OCH3 is 1. The molecule has 2 aromatic carbocycles. The molecule has 5 heterocycles. The van der Waals surface area contributed by atoms with Gasteiger partial charge in [0.25, 0.3) is 0 Å². The molecule has 0 bridgehead atoms. The minimum Gasteiger partial charge on any atom is -0.453 e. The number of alkyl carbamates (subject to hydrolysis) is 1. The maximum atomic E-state index is 13.7. The summed E-state index contributed by atoms with van der Waals surface area (Å²) in [6, 6.07) is 14.6. The number of nitrogens with one attached hydrogen (secondary N) is 4. The molecule has 0 unspecified atom stereocenters. The van der Waals surface area contributed by atoms with Crippen molar-refractivity contribution < 1.29 is 28.9 Å². The van der Waals surface area contributed by atoms with Crippen LogP contribution in [0, 0.1) is 5.92 Å². The molecule has 2 fully saturated rings. The second-order valence-electron chi connectivity index (χ2n) is 14.5. The number of amides is 3. The van der Waals surface area contributed by atoms with Gasteiger partial charge in [-0.15, -0.1) is 0 Å². The van der Waals surface area contributed by atoms with Crippen LogP contribution in [0.15, 0.2) is 72.1 Å². The van der Waals surface area contributed by atoms with E-state index in [0.29, 0.717) is 24.6 Å². The number of likely N-dealkylation sites (tertiary alicyclic amines) is 2. The van der Waals surface area contributed by atoms with Crippen molar-refractivity contribution in [2.75, 3.05) is 27.3 Å².